The Morgan fingerprint density at radius 2 is 2.24 bits per heavy atom. The third-order valence-corrected chi connectivity index (χ3v) is 5.33. The fourth-order valence-corrected chi connectivity index (χ4v) is 3.85. The predicted molar refractivity (Wildman–Crippen MR) is 76.0 cm³/mol. The molecule has 0 bridgehead atoms. The number of aromatic nitrogens is 2. The number of ether oxygens (including phenoxy) is 1. The molecule has 118 valence electrons. The van der Waals surface area contributed by atoms with Crippen LogP contribution in [0.5, 0.6) is 0 Å². The molecule has 0 radical (unpaired) electrons. The van der Waals surface area contributed by atoms with Crippen molar-refractivity contribution < 1.29 is 17.9 Å². The van der Waals surface area contributed by atoms with E-state index in [1.807, 2.05) is 6.92 Å². The van der Waals surface area contributed by atoms with Crippen LogP contribution in [0.4, 0.5) is 0 Å². The first-order chi connectivity index (χ1) is 9.98. The SMILES string of the molecule is CCOC(=O)[C@H]1CCCN(S(=O)(=O)c2cn(CC)cn2)C1. The summed E-state index contributed by atoms with van der Waals surface area (Å²) in [7, 11) is -3.64. The molecule has 7 nitrogen and oxygen atoms in total. The molecule has 2 heterocycles. The number of esters is 1. The van der Waals surface area contributed by atoms with Crippen LogP contribution in [-0.2, 0) is 26.1 Å². The Morgan fingerprint density at radius 1 is 1.48 bits per heavy atom. The Hall–Kier alpha value is -1.41. The topological polar surface area (TPSA) is 81.5 Å². The molecule has 0 aromatic carbocycles. The van der Waals surface area contributed by atoms with Crippen LogP contribution in [-0.4, -0.2) is 47.9 Å². The van der Waals surface area contributed by atoms with E-state index in [9.17, 15) is 13.2 Å². The quantitative estimate of drug-likeness (QED) is 0.753. The lowest BCUT2D eigenvalue weighted by Crippen LogP contribution is -2.42. The van der Waals surface area contributed by atoms with Gasteiger partial charge in [-0.05, 0) is 26.7 Å². The number of piperidine rings is 1. The predicted octanol–water partition coefficient (Wildman–Crippen LogP) is 0.867. The number of hydrogen-bond acceptors (Lipinski definition) is 5. The van der Waals surface area contributed by atoms with E-state index < -0.39 is 10.0 Å². The van der Waals surface area contributed by atoms with Crippen LogP contribution in [0.2, 0.25) is 0 Å². The number of nitrogens with zero attached hydrogens (tertiary/aromatic N) is 3. The van der Waals surface area contributed by atoms with Gasteiger partial charge in [-0.2, -0.15) is 4.31 Å². The Labute approximate surface area is 125 Å². The van der Waals surface area contributed by atoms with Crippen LogP contribution >= 0.6 is 0 Å². The van der Waals surface area contributed by atoms with Crippen LogP contribution < -0.4 is 0 Å². The number of carbonyl (C=O) groups excluding carboxylic acids is 1. The van der Waals surface area contributed by atoms with Crippen LogP contribution in [0, 0.1) is 5.92 Å². The largest absolute Gasteiger partial charge is 0.466 e. The van der Waals surface area contributed by atoms with Gasteiger partial charge in [0.25, 0.3) is 10.0 Å². The van der Waals surface area contributed by atoms with Gasteiger partial charge in [-0.1, -0.05) is 0 Å². The maximum absolute atomic E-state index is 12.5. The van der Waals surface area contributed by atoms with Gasteiger partial charge in [-0.15, -0.1) is 0 Å². The molecule has 1 fully saturated rings. The Kier molecular flexibility index (Phi) is 5.00. The van der Waals surface area contributed by atoms with E-state index in [4.69, 9.17) is 4.74 Å². The molecule has 1 atom stereocenters. The molecule has 1 saturated heterocycles. The molecule has 21 heavy (non-hydrogen) atoms. The lowest BCUT2D eigenvalue weighted by atomic mass is 10.0. The summed E-state index contributed by atoms with van der Waals surface area (Å²) in [6.45, 7) is 5.21. The highest BCUT2D eigenvalue weighted by Crippen LogP contribution is 2.23. The van der Waals surface area contributed by atoms with Gasteiger partial charge in [0.1, 0.15) is 0 Å². The molecule has 0 unspecified atom stereocenters. The number of aryl methyl sites for hydroxylation is 1. The molecule has 1 aromatic heterocycles. The van der Waals surface area contributed by atoms with E-state index in [2.05, 4.69) is 4.98 Å². The summed E-state index contributed by atoms with van der Waals surface area (Å²) in [5, 5.41) is 0.0360. The zero-order chi connectivity index (χ0) is 15.5. The van der Waals surface area contributed by atoms with Crippen molar-refractivity contribution in [3.63, 3.8) is 0 Å². The summed E-state index contributed by atoms with van der Waals surface area (Å²) in [6, 6.07) is 0. The minimum absolute atomic E-state index is 0.0360. The second-order valence-electron chi connectivity index (χ2n) is 5.00. The Bertz CT molecular complexity index is 596. The minimum atomic E-state index is -3.64. The summed E-state index contributed by atoms with van der Waals surface area (Å²) in [5.74, 6) is -0.710. The second-order valence-corrected chi connectivity index (χ2v) is 6.88. The van der Waals surface area contributed by atoms with Gasteiger partial charge >= 0.3 is 5.97 Å². The number of rotatable bonds is 5. The van der Waals surface area contributed by atoms with Gasteiger partial charge in [-0.25, -0.2) is 13.4 Å². The third kappa shape index (κ3) is 3.44. The fraction of sp³-hybridized carbons (Fsp3) is 0.692. The highest BCUT2D eigenvalue weighted by atomic mass is 32.2. The van der Waals surface area contributed by atoms with Gasteiger partial charge in [-0.3, -0.25) is 4.79 Å². The maximum Gasteiger partial charge on any atom is 0.310 e. The summed E-state index contributed by atoms with van der Waals surface area (Å²) in [5.41, 5.74) is 0. The molecule has 0 saturated carbocycles. The summed E-state index contributed by atoms with van der Waals surface area (Å²) in [4.78, 5) is 15.8. The maximum atomic E-state index is 12.5. The van der Waals surface area contributed by atoms with Crippen molar-refractivity contribution in [3.05, 3.63) is 12.5 Å². The monoisotopic (exact) mass is 315 g/mol. The van der Waals surface area contributed by atoms with Gasteiger partial charge in [0.05, 0.1) is 18.9 Å². The molecule has 2 rings (SSSR count). The van der Waals surface area contributed by atoms with Crippen LogP contribution in [0.15, 0.2) is 17.6 Å². The first-order valence-corrected chi connectivity index (χ1v) is 8.61. The van der Waals surface area contributed by atoms with Gasteiger partial charge < -0.3 is 9.30 Å². The van der Waals surface area contributed by atoms with E-state index in [0.29, 0.717) is 32.5 Å². The highest BCUT2D eigenvalue weighted by Gasteiger charge is 2.35. The molecule has 1 aliphatic heterocycles. The smallest absolute Gasteiger partial charge is 0.310 e. The van der Waals surface area contributed by atoms with Crippen LogP contribution in [0.1, 0.15) is 26.7 Å². The fourth-order valence-electron chi connectivity index (χ4n) is 2.39. The molecular weight excluding hydrogens is 294 g/mol. The van der Waals surface area contributed by atoms with Crippen molar-refractivity contribution >= 4 is 16.0 Å². The van der Waals surface area contributed by atoms with Crippen molar-refractivity contribution in [2.75, 3.05) is 19.7 Å². The number of sulfonamides is 1. The average molecular weight is 315 g/mol. The van der Waals surface area contributed by atoms with E-state index in [-0.39, 0.29) is 23.5 Å². The number of carbonyl (C=O) groups is 1. The number of imidazole rings is 1. The minimum Gasteiger partial charge on any atom is -0.466 e. The molecular formula is C13H21N3O4S. The van der Waals surface area contributed by atoms with Crippen molar-refractivity contribution in [3.8, 4) is 0 Å². The second kappa shape index (κ2) is 6.57. The average Bonchev–Trinajstić information content (AvgIpc) is 2.97. The zero-order valence-corrected chi connectivity index (χ0v) is 13.2. The standard InChI is InChI=1S/C13H21N3O4S/c1-3-15-9-12(14-10-15)21(18,19)16-7-5-6-11(8-16)13(17)20-4-2/h9-11H,3-8H2,1-2H3/t11-/m0/s1. The molecule has 0 spiro atoms. The first-order valence-electron chi connectivity index (χ1n) is 7.17. The van der Waals surface area contributed by atoms with Gasteiger partial charge in [0, 0.05) is 25.8 Å². The molecule has 0 aliphatic carbocycles. The van der Waals surface area contributed by atoms with Crippen molar-refractivity contribution in [1.82, 2.24) is 13.9 Å². The lowest BCUT2D eigenvalue weighted by Gasteiger charge is -2.29. The van der Waals surface area contributed by atoms with Crippen molar-refractivity contribution in [2.24, 2.45) is 5.92 Å². The van der Waals surface area contributed by atoms with Crippen LogP contribution in [0.3, 0.4) is 0 Å². The molecule has 0 amide bonds. The molecule has 8 heteroatoms. The highest BCUT2D eigenvalue weighted by molar-refractivity contribution is 7.89. The Balaban J connectivity index is 2.14. The summed E-state index contributed by atoms with van der Waals surface area (Å²) >= 11 is 0. The van der Waals surface area contributed by atoms with Crippen molar-refractivity contribution in [2.45, 2.75) is 38.3 Å². The summed E-state index contributed by atoms with van der Waals surface area (Å²) < 4.78 is 33.1. The Morgan fingerprint density at radius 3 is 2.86 bits per heavy atom. The number of hydrogen-bond donors (Lipinski definition) is 0. The van der Waals surface area contributed by atoms with E-state index in [1.54, 1.807) is 11.5 Å². The van der Waals surface area contributed by atoms with Gasteiger partial charge in [0.2, 0.25) is 0 Å². The zero-order valence-electron chi connectivity index (χ0n) is 12.4. The summed E-state index contributed by atoms with van der Waals surface area (Å²) in [6.07, 6.45) is 4.33. The van der Waals surface area contributed by atoms with E-state index in [1.165, 1.54) is 16.8 Å². The molecule has 1 aliphatic rings. The van der Waals surface area contributed by atoms with E-state index >= 15 is 0 Å². The van der Waals surface area contributed by atoms with Crippen molar-refractivity contribution in [1.29, 1.82) is 0 Å². The molecule has 1 aromatic rings. The van der Waals surface area contributed by atoms with E-state index in [0.717, 1.165) is 0 Å². The third-order valence-electron chi connectivity index (χ3n) is 3.58. The lowest BCUT2D eigenvalue weighted by molar-refractivity contribution is -0.149. The van der Waals surface area contributed by atoms with Gasteiger partial charge in [0.15, 0.2) is 5.03 Å². The first kappa shape index (κ1) is 16.0. The van der Waals surface area contributed by atoms with Crippen LogP contribution in [0.25, 0.3) is 0 Å². The normalized spacial score (nSPS) is 20.4. The molecule has 0 N–H and O–H groups in total.